The van der Waals surface area contributed by atoms with Crippen molar-refractivity contribution in [1.29, 1.82) is 0 Å². The van der Waals surface area contributed by atoms with Gasteiger partial charge < -0.3 is 14.7 Å². The van der Waals surface area contributed by atoms with Gasteiger partial charge in [-0.2, -0.15) is 0 Å². The van der Waals surface area contributed by atoms with Crippen LogP contribution in [0.3, 0.4) is 0 Å². The highest BCUT2D eigenvalue weighted by atomic mass is 32.2. The molecule has 1 aromatic heterocycles. The van der Waals surface area contributed by atoms with Gasteiger partial charge in [-0.15, -0.1) is 0 Å². The van der Waals surface area contributed by atoms with Crippen LogP contribution in [0.1, 0.15) is 52.6 Å². The molecule has 2 aliphatic rings. The molecule has 6 nitrogen and oxygen atoms in total. The molecule has 1 N–H and O–H groups in total. The van der Waals surface area contributed by atoms with Gasteiger partial charge in [0.05, 0.1) is 17.3 Å². The largest absolute Gasteiger partial charge is 0.489 e. The number of fused-ring (bicyclic) bond motifs is 1. The minimum Gasteiger partial charge on any atom is -0.489 e. The third kappa shape index (κ3) is 4.20. The number of aliphatic imine (C=N–C) groups is 1. The van der Waals surface area contributed by atoms with E-state index < -0.39 is 5.97 Å². The Morgan fingerprint density at radius 2 is 1.91 bits per heavy atom. The molecule has 33 heavy (non-hydrogen) atoms. The Kier molecular flexibility index (Phi) is 6.05. The van der Waals surface area contributed by atoms with Crippen molar-refractivity contribution in [1.82, 2.24) is 9.88 Å². The fourth-order valence-corrected chi connectivity index (χ4v) is 5.79. The molecule has 2 aliphatic heterocycles. The maximum atomic E-state index is 11.1. The fraction of sp³-hybridized carbons (Fsp3) is 0.269. The number of aromatic carboxylic acids is 1. The smallest absolute Gasteiger partial charge is 0.335 e. The summed E-state index contributed by atoms with van der Waals surface area (Å²) in [6, 6.07) is 21.3. The normalized spacial score (nSPS) is 21.5. The summed E-state index contributed by atoms with van der Waals surface area (Å²) in [7, 11) is 0. The molecule has 1 fully saturated rings. The minimum atomic E-state index is -0.931. The van der Waals surface area contributed by atoms with Crippen LogP contribution in [0, 0.1) is 0 Å². The predicted octanol–water partition coefficient (Wildman–Crippen LogP) is 5.34. The second-order valence-corrected chi connectivity index (χ2v) is 9.15. The van der Waals surface area contributed by atoms with E-state index >= 15 is 0 Å². The first-order valence-electron chi connectivity index (χ1n) is 11.1. The Labute approximate surface area is 197 Å². The SMILES string of the molecule is CCC1CSC2=NC(c3ccccn3)C(c3ccccc3OCc3ccc(C(=O)O)cc3)N21. The molecule has 168 valence electrons. The third-order valence-corrected chi connectivity index (χ3v) is 7.29. The van der Waals surface area contributed by atoms with E-state index in [-0.39, 0.29) is 17.6 Å². The van der Waals surface area contributed by atoms with E-state index in [2.05, 4.69) is 22.9 Å². The number of carbonyl (C=O) groups is 1. The van der Waals surface area contributed by atoms with Crippen LogP contribution in [-0.4, -0.2) is 37.9 Å². The zero-order chi connectivity index (χ0) is 22.8. The highest BCUT2D eigenvalue weighted by molar-refractivity contribution is 8.14. The van der Waals surface area contributed by atoms with E-state index in [0.717, 1.165) is 39.9 Å². The zero-order valence-corrected chi connectivity index (χ0v) is 19.1. The zero-order valence-electron chi connectivity index (χ0n) is 18.3. The molecule has 3 aromatic rings. The monoisotopic (exact) mass is 459 g/mol. The number of thioether (sulfide) groups is 1. The predicted molar refractivity (Wildman–Crippen MR) is 130 cm³/mol. The van der Waals surface area contributed by atoms with Crippen molar-refractivity contribution in [2.24, 2.45) is 4.99 Å². The fourth-order valence-electron chi connectivity index (χ4n) is 4.45. The highest BCUT2D eigenvalue weighted by Crippen LogP contribution is 2.50. The lowest BCUT2D eigenvalue weighted by Crippen LogP contribution is -2.35. The topological polar surface area (TPSA) is 75.0 Å². The van der Waals surface area contributed by atoms with Gasteiger partial charge in [0, 0.05) is 23.6 Å². The molecule has 1 saturated heterocycles. The van der Waals surface area contributed by atoms with Crippen LogP contribution in [0.15, 0.2) is 77.9 Å². The molecule has 2 aromatic carbocycles. The van der Waals surface area contributed by atoms with Gasteiger partial charge >= 0.3 is 5.97 Å². The molecule has 0 amide bonds. The first-order valence-corrected chi connectivity index (χ1v) is 12.1. The lowest BCUT2D eigenvalue weighted by atomic mass is 9.94. The Morgan fingerprint density at radius 3 is 2.64 bits per heavy atom. The summed E-state index contributed by atoms with van der Waals surface area (Å²) in [4.78, 5) is 23.3. The van der Waals surface area contributed by atoms with Gasteiger partial charge in [0.2, 0.25) is 0 Å². The summed E-state index contributed by atoms with van der Waals surface area (Å²) in [5.41, 5.74) is 3.24. The second kappa shape index (κ2) is 9.27. The molecule has 0 spiro atoms. The van der Waals surface area contributed by atoms with Gasteiger partial charge in [0.25, 0.3) is 0 Å². The molecule has 0 aliphatic carbocycles. The Hall–Kier alpha value is -3.32. The van der Waals surface area contributed by atoms with Crippen LogP contribution in [-0.2, 0) is 6.61 Å². The lowest BCUT2D eigenvalue weighted by molar-refractivity contribution is 0.0697. The second-order valence-electron chi connectivity index (χ2n) is 8.16. The minimum absolute atomic E-state index is 0.0143. The standard InChI is InChI=1S/C26H25N3O3S/c1-2-19-16-33-26-28-23(21-8-5-6-14-27-21)24(29(19)26)20-7-3-4-9-22(20)32-15-17-10-12-18(13-11-17)25(30)31/h3-14,19,23-24H,2,15-16H2,1H3,(H,30,31). The van der Waals surface area contributed by atoms with Crippen LogP contribution < -0.4 is 4.74 Å². The van der Waals surface area contributed by atoms with Crippen LogP contribution in [0.4, 0.5) is 0 Å². The van der Waals surface area contributed by atoms with E-state index in [1.54, 1.807) is 24.3 Å². The number of carboxylic acid groups (broad SMARTS) is 1. The summed E-state index contributed by atoms with van der Waals surface area (Å²) < 4.78 is 6.29. The Balaban J connectivity index is 1.46. The van der Waals surface area contributed by atoms with Crippen molar-refractivity contribution in [2.75, 3.05) is 5.75 Å². The van der Waals surface area contributed by atoms with Crippen LogP contribution in [0.2, 0.25) is 0 Å². The number of carboxylic acids is 1. The van der Waals surface area contributed by atoms with Crippen molar-refractivity contribution in [3.8, 4) is 5.75 Å². The number of ether oxygens (including phenoxy) is 1. The number of para-hydroxylation sites is 1. The summed E-state index contributed by atoms with van der Waals surface area (Å²) in [5, 5.41) is 10.2. The van der Waals surface area contributed by atoms with E-state index in [0.29, 0.717) is 12.6 Å². The number of benzene rings is 2. The molecule has 0 bridgehead atoms. The third-order valence-electron chi connectivity index (χ3n) is 6.16. The van der Waals surface area contributed by atoms with Crippen molar-refractivity contribution in [2.45, 2.75) is 38.1 Å². The number of hydrogen-bond donors (Lipinski definition) is 1. The van der Waals surface area contributed by atoms with Gasteiger partial charge in [-0.05, 0) is 42.3 Å². The van der Waals surface area contributed by atoms with Gasteiger partial charge in [0.15, 0.2) is 5.17 Å². The van der Waals surface area contributed by atoms with Gasteiger partial charge in [-0.3, -0.25) is 9.98 Å². The Bertz CT molecular complexity index is 1170. The van der Waals surface area contributed by atoms with Gasteiger partial charge in [-0.25, -0.2) is 4.79 Å². The molecule has 3 unspecified atom stereocenters. The van der Waals surface area contributed by atoms with E-state index in [1.165, 1.54) is 0 Å². The molecular formula is C26H25N3O3S. The summed E-state index contributed by atoms with van der Waals surface area (Å²) in [6.07, 6.45) is 2.88. The van der Waals surface area contributed by atoms with Crippen molar-refractivity contribution in [3.05, 3.63) is 95.3 Å². The van der Waals surface area contributed by atoms with Crippen molar-refractivity contribution >= 4 is 22.9 Å². The molecule has 0 radical (unpaired) electrons. The molecule has 5 rings (SSSR count). The molecule has 3 atom stereocenters. The first-order chi connectivity index (χ1) is 16.2. The number of rotatable bonds is 7. The molecule has 0 saturated carbocycles. The van der Waals surface area contributed by atoms with Crippen molar-refractivity contribution in [3.63, 3.8) is 0 Å². The van der Waals surface area contributed by atoms with E-state index in [4.69, 9.17) is 14.8 Å². The van der Waals surface area contributed by atoms with Crippen LogP contribution >= 0.6 is 11.8 Å². The highest BCUT2D eigenvalue weighted by Gasteiger charge is 2.46. The number of amidine groups is 1. The van der Waals surface area contributed by atoms with Gasteiger partial charge in [-0.1, -0.05) is 55.1 Å². The summed E-state index contributed by atoms with van der Waals surface area (Å²) in [6.45, 7) is 2.58. The van der Waals surface area contributed by atoms with Crippen LogP contribution in [0.5, 0.6) is 5.75 Å². The van der Waals surface area contributed by atoms with Crippen molar-refractivity contribution < 1.29 is 14.6 Å². The van der Waals surface area contributed by atoms with Gasteiger partial charge in [0.1, 0.15) is 18.4 Å². The number of pyridine rings is 1. The Morgan fingerprint density at radius 1 is 1.12 bits per heavy atom. The summed E-state index contributed by atoms with van der Waals surface area (Å²) in [5.74, 6) is 0.924. The van der Waals surface area contributed by atoms with E-state index in [9.17, 15) is 4.79 Å². The number of hydrogen-bond acceptors (Lipinski definition) is 6. The molecular weight excluding hydrogens is 434 g/mol. The lowest BCUT2D eigenvalue weighted by Gasteiger charge is -2.32. The average molecular weight is 460 g/mol. The number of nitrogens with zero attached hydrogens (tertiary/aromatic N) is 3. The molecule has 3 heterocycles. The first kappa shape index (κ1) is 21.5. The maximum absolute atomic E-state index is 11.1. The van der Waals surface area contributed by atoms with Crippen LogP contribution in [0.25, 0.3) is 0 Å². The summed E-state index contributed by atoms with van der Waals surface area (Å²) >= 11 is 1.82. The van der Waals surface area contributed by atoms with E-state index in [1.807, 2.05) is 54.4 Å². The number of aromatic nitrogens is 1. The maximum Gasteiger partial charge on any atom is 0.335 e. The molecule has 7 heteroatoms. The average Bonchev–Trinajstić information content (AvgIpc) is 3.43. The quantitative estimate of drug-likeness (QED) is 0.514.